The molecule has 7 nitrogen and oxygen atoms in total. The Morgan fingerprint density at radius 2 is 2.19 bits per heavy atom. The molecule has 1 heterocycles. The number of ether oxygens (including phenoxy) is 1. The number of nitro groups is 1. The lowest BCUT2D eigenvalue weighted by molar-refractivity contribution is -0.384. The number of aromatic nitrogens is 1. The molecule has 0 radical (unpaired) electrons. The summed E-state index contributed by atoms with van der Waals surface area (Å²) in [6, 6.07) is 7.79. The number of aldehydes is 1. The van der Waals surface area contributed by atoms with Crippen LogP contribution in [0.25, 0.3) is 0 Å². The highest BCUT2D eigenvalue weighted by molar-refractivity contribution is 5.79. The van der Waals surface area contributed by atoms with Crippen molar-refractivity contribution in [2.75, 3.05) is 12.4 Å². The lowest BCUT2D eigenvalue weighted by Gasteiger charge is -2.08. The third-order valence-electron chi connectivity index (χ3n) is 2.84. The summed E-state index contributed by atoms with van der Waals surface area (Å²) in [5.41, 5.74) is 1.32. The SMILES string of the molecule is COc1ccc(CNc2ccc(C=O)cc2[N+](=O)[O-])cn1. The molecule has 1 aromatic carbocycles. The monoisotopic (exact) mass is 287 g/mol. The Balaban J connectivity index is 2.15. The second-order valence-corrected chi connectivity index (χ2v) is 4.21. The van der Waals surface area contributed by atoms with E-state index in [0.717, 1.165) is 5.56 Å². The summed E-state index contributed by atoms with van der Waals surface area (Å²) in [7, 11) is 1.53. The largest absolute Gasteiger partial charge is 0.481 e. The van der Waals surface area contributed by atoms with Crippen molar-refractivity contribution in [3.05, 3.63) is 57.8 Å². The van der Waals surface area contributed by atoms with E-state index in [-0.39, 0.29) is 11.3 Å². The van der Waals surface area contributed by atoms with Crippen LogP contribution in [0.5, 0.6) is 5.88 Å². The molecular weight excluding hydrogens is 274 g/mol. The molecular formula is C14H13N3O4. The van der Waals surface area contributed by atoms with E-state index < -0.39 is 4.92 Å². The number of carbonyl (C=O) groups is 1. The highest BCUT2D eigenvalue weighted by Crippen LogP contribution is 2.25. The van der Waals surface area contributed by atoms with Crippen molar-refractivity contribution in [3.8, 4) is 5.88 Å². The molecule has 1 N–H and O–H groups in total. The van der Waals surface area contributed by atoms with Gasteiger partial charge in [-0.3, -0.25) is 14.9 Å². The number of carbonyl (C=O) groups excluding carboxylic acids is 1. The molecule has 0 atom stereocenters. The quantitative estimate of drug-likeness (QED) is 0.498. The molecule has 21 heavy (non-hydrogen) atoms. The maximum Gasteiger partial charge on any atom is 0.293 e. The number of nitrogens with zero attached hydrogens (tertiary/aromatic N) is 2. The number of benzene rings is 1. The van der Waals surface area contributed by atoms with Crippen molar-refractivity contribution in [2.45, 2.75) is 6.54 Å². The van der Waals surface area contributed by atoms with Gasteiger partial charge in [-0.15, -0.1) is 0 Å². The van der Waals surface area contributed by atoms with Gasteiger partial charge in [-0.05, 0) is 17.7 Å². The van der Waals surface area contributed by atoms with Crippen molar-refractivity contribution in [1.29, 1.82) is 0 Å². The number of hydrogen-bond acceptors (Lipinski definition) is 6. The van der Waals surface area contributed by atoms with Crippen molar-refractivity contribution in [1.82, 2.24) is 4.98 Å². The zero-order valence-electron chi connectivity index (χ0n) is 11.3. The first-order valence-corrected chi connectivity index (χ1v) is 6.10. The van der Waals surface area contributed by atoms with E-state index in [9.17, 15) is 14.9 Å². The fraction of sp³-hybridized carbons (Fsp3) is 0.143. The Bertz CT molecular complexity index is 656. The fourth-order valence-corrected chi connectivity index (χ4v) is 1.76. The minimum atomic E-state index is -0.526. The summed E-state index contributed by atoms with van der Waals surface area (Å²) < 4.78 is 4.95. The maximum absolute atomic E-state index is 11.0. The van der Waals surface area contributed by atoms with Crippen LogP contribution >= 0.6 is 0 Å². The summed E-state index contributed by atoms with van der Waals surface area (Å²) in [6.07, 6.45) is 2.20. The molecule has 0 bridgehead atoms. The summed E-state index contributed by atoms with van der Waals surface area (Å²) in [5.74, 6) is 0.500. The van der Waals surface area contributed by atoms with Gasteiger partial charge in [0.15, 0.2) is 0 Å². The van der Waals surface area contributed by atoms with E-state index in [0.29, 0.717) is 24.4 Å². The Hall–Kier alpha value is -2.96. The molecule has 7 heteroatoms. The van der Waals surface area contributed by atoms with Gasteiger partial charge >= 0.3 is 0 Å². The number of hydrogen-bond donors (Lipinski definition) is 1. The van der Waals surface area contributed by atoms with E-state index in [1.807, 2.05) is 6.07 Å². The molecule has 0 fully saturated rings. The second kappa shape index (κ2) is 6.47. The average molecular weight is 287 g/mol. The van der Waals surface area contributed by atoms with Crippen LogP contribution in [0.15, 0.2) is 36.5 Å². The molecule has 0 aliphatic heterocycles. The first-order valence-electron chi connectivity index (χ1n) is 6.10. The molecule has 1 aromatic heterocycles. The first-order chi connectivity index (χ1) is 10.1. The van der Waals surface area contributed by atoms with E-state index >= 15 is 0 Å². The van der Waals surface area contributed by atoms with E-state index in [2.05, 4.69) is 10.3 Å². The number of rotatable bonds is 6. The molecule has 0 aliphatic carbocycles. The third-order valence-corrected chi connectivity index (χ3v) is 2.84. The molecule has 0 aliphatic rings. The zero-order chi connectivity index (χ0) is 15.2. The van der Waals surface area contributed by atoms with Gasteiger partial charge in [0.1, 0.15) is 12.0 Å². The Morgan fingerprint density at radius 1 is 1.38 bits per heavy atom. The van der Waals surface area contributed by atoms with Gasteiger partial charge < -0.3 is 10.1 Å². The van der Waals surface area contributed by atoms with Gasteiger partial charge in [0.05, 0.1) is 12.0 Å². The smallest absolute Gasteiger partial charge is 0.293 e. The Morgan fingerprint density at radius 3 is 2.76 bits per heavy atom. The van der Waals surface area contributed by atoms with Crippen molar-refractivity contribution in [3.63, 3.8) is 0 Å². The Labute approximate surface area is 120 Å². The van der Waals surface area contributed by atoms with Crippen LogP contribution in [0.1, 0.15) is 15.9 Å². The minimum absolute atomic E-state index is 0.138. The maximum atomic E-state index is 11.0. The summed E-state index contributed by atoms with van der Waals surface area (Å²) in [5, 5.41) is 14.0. The zero-order valence-corrected chi connectivity index (χ0v) is 11.3. The number of methoxy groups -OCH3 is 1. The van der Waals surface area contributed by atoms with Crippen LogP contribution in [0.2, 0.25) is 0 Å². The van der Waals surface area contributed by atoms with Crippen LogP contribution in [0.3, 0.4) is 0 Å². The minimum Gasteiger partial charge on any atom is -0.481 e. The number of anilines is 1. The molecule has 0 amide bonds. The van der Waals surface area contributed by atoms with E-state index in [1.165, 1.54) is 25.3 Å². The van der Waals surface area contributed by atoms with Crippen molar-refractivity contribution >= 4 is 17.7 Å². The van der Waals surface area contributed by atoms with Crippen LogP contribution in [-0.2, 0) is 6.54 Å². The molecule has 0 saturated heterocycles. The van der Waals surface area contributed by atoms with Gasteiger partial charge in [-0.2, -0.15) is 0 Å². The lowest BCUT2D eigenvalue weighted by Crippen LogP contribution is -2.03. The molecule has 0 unspecified atom stereocenters. The normalized spacial score (nSPS) is 9.95. The van der Waals surface area contributed by atoms with Crippen LogP contribution < -0.4 is 10.1 Å². The number of nitro benzene ring substituents is 1. The second-order valence-electron chi connectivity index (χ2n) is 4.21. The average Bonchev–Trinajstić information content (AvgIpc) is 2.53. The van der Waals surface area contributed by atoms with Gasteiger partial charge in [0, 0.05) is 30.4 Å². The Kier molecular flexibility index (Phi) is 4.45. The predicted octanol–water partition coefficient (Wildman–Crippen LogP) is 2.42. The topological polar surface area (TPSA) is 94.4 Å². The van der Waals surface area contributed by atoms with Crippen LogP contribution in [0.4, 0.5) is 11.4 Å². The summed E-state index contributed by atoms with van der Waals surface area (Å²) in [6.45, 7) is 0.373. The van der Waals surface area contributed by atoms with Gasteiger partial charge in [-0.25, -0.2) is 4.98 Å². The van der Waals surface area contributed by atoms with Gasteiger partial charge in [-0.1, -0.05) is 6.07 Å². The van der Waals surface area contributed by atoms with E-state index in [1.54, 1.807) is 12.3 Å². The highest BCUT2D eigenvalue weighted by Gasteiger charge is 2.14. The highest BCUT2D eigenvalue weighted by atomic mass is 16.6. The molecule has 2 aromatic rings. The van der Waals surface area contributed by atoms with Crippen LogP contribution in [-0.4, -0.2) is 23.3 Å². The van der Waals surface area contributed by atoms with E-state index in [4.69, 9.17) is 4.74 Å². The lowest BCUT2D eigenvalue weighted by atomic mass is 10.2. The first kappa shape index (κ1) is 14.4. The predicted molar refractivity (Wildman–Crippen MR) is 76.6 cm³/mol. The van der Waals surface area contributed by atoms with Crippen LogP contribution in [0, 0.1) is 10.1 Å². The number of pyridine rings is 1. The molecule has 0 saturated carbocycles. The van der Waals surface area contributed by atoms with Crippen molar-refractivity contribution < 1.29 is 14.5 Å². The van der Waals surface area contributed by atoms with Gasteiger partial charge in [0.2, 0.25) is 5.88 Å². The molecule has 108 valence electrons. The standard InChI is InChI=1S/C14H13N3O4/c1-21-14-5-3-11(8-16-14)7-15-12-4-2-10(9-18)6-13(12)17(19)20/h2-6,8-9,15H,7H2,1H3. The van der Waals surface area contributed by atoms with Crippen molar-refractivity contribution in [2.24, 2.45) is 0 Å². The fourth-order valence-electron chi connectivity index (χ4n) is 1.76. The summed E-state index contributed by atoms with van der Waals surface area (Å²) >= 11 is 0. The number of nitrogens with one attached hydrogen (secondary N) is 1. The molecule has 0 spiro atoms. The molecule has 2 rings (SSSR count). The summed E-state index contributed by atoms with van der Waals surface area (Å²) in [4.78, 5) is 25.2. The third kappa shape index (κ3) is 3.53. The van der Waals surface area contributed by atoms with Gasteiger partial charge in [0.25, 0.3) is 5.69 Å².